The van der Waals surface area contributed by atoms with E-state index in [1.165, 1.54) is 0 Å². The zero-order chi connectivity index (χ0) is 14.4. The maximum absolute atomic E-state index is 5.69. The first-order valence-electron chi connectivity index (χ1n) is 7.07. The minimum absolute atomic E-state index is 0.445. The molecule has 0 atom stereocenters. The molecule has 2 N–H and O–H groups in total. The molecule has 0 unspecified atom stereocenters. The summed E-state index contributed by atoms with van der Waals surface area (Å²) in [5.41, 5.74) is 6.69. The summed E-state index contributed by atoms with van der Waals surface area (Å²) in [5, 5.41) is 0. The van der Waals surface area contributed by atoms with E-state index in [4.69, 9.17) is 14.9 Å². The fraction of sp³-hybridized carbons (Fsp3) is 0.733. The summed E-state index contributed by atoms with van der Waals surface area (Å²) in [7, 11) is 0. The van der Waals surface area contributed by atoms with Crippen molar-refractivity contribution in [2.75, 3.05) is 13.2 Å². The van der Waals surface area contributed by atoms with E-state index < -0.39 is 0 Å². The fourth-order valence-electron chi connectivity index (χ4n) is 2.32. The Morgan fingerprint density at radius 3 is 2.37 bits per heavy atom. The first-order chi connectivity index (χ1) is 8.95. The van der Waals surface area contributed by atoms with Crippen molar-refractivity contribution in [1.82, 2.24) is 4.90 Å². The molecule has 0 amide bonds. The molecule has 0 aliphatic heterocycles. The lowest BCUT2D eigenvalue weighted by Gasteiger charge is -2.30. The molecule has 0 aromatic carbocycles. The van der Waals surface area contributed by atoms with Gasteiger partial charge in [-0.3, -0.25) is 4.90 Å². The highest BCUT2D eigenvalue weighted by Gasteiger charge is 2.13. The van der Waals surface area contributed by atoms with Crippen molar-refractivity contribution >= 4 is 0 Å². The van der Waals surface area contributed by atoms with Crippen molar-refractivity contribution in [3.8, 4) is 0 Å². The highest BCUT2D eigenvalue weighted by Crippen LogP contribution is 2.14. The standard InChI is InChI=1S/C15H28N2O2/c1-11(2)17(12(3)4)6-7-18-10-14-8-13(5)15(9-16)19-14/h8,11-12H,6-7,9-10,16H2,1-5H3. The van der Waals surface area contributed by atoms with Crippen LogP contribution in [0.2, 0.25) is 0 Å². The van der Waals surface area contributed by atoms with Gasteiger partial charge >= 0.3 is 0 Å². The third-order valence-corrected chi connectivity index (χ3v) is 3.32. The number of rotatable bonds is 8. The average Bonchev–Trinajstić information content (AvgIpc) is 2.68. The number of furan rings is 1. The van der Waals surface area contributed by atoms with E-state index >= 15 is 0 Å². The van der Waals surface area contributed by atoms with E-state index in [2.05, 4.69) is 32.6 Å². The summed E-state index contributed by atoms with van der Waals surface area (Å²) in [6.45, 7) is 13.5. The molecular weight excluding hydrogens is 240 g/mol. The second-order valence-corrected chi connectivity index (χ2v) is 5.50. The second-order valence-electron chi connectivity index (χ2n) is 5.50. The molecule has 0 saturated heterocycles. The number of hydrogen-bond donors (Lipinski definition) is 1. The SMILES string of the molecule is Cc1cc(COCCN(C(C)C)C(C)C)oc1CN. The van der Waals surface area contributed by atoms with Crippen LogP contribution in [0.4, 0.5) is 0 Å². The Balaban J connectivity index is 2.33. The van der Waals surface area contributed by atoms with Gasteiger partial charge in [0.2, 0.25) is 0 Å². The van der Waals surface area contributed by atoms with E-state index in [9.17, 15) is 0 Å². The van der Waals surface area contributed by atoms with E-state index in [1.807, 2.05) is 13.0 Å². The first kappa shape index (κ1) is 16.2. The molecule has 0 aliphatic rings. The van der Waals surface area contributed by atoms with Crippen LogP contribution >= 0.6 is 0 Å². The van der Waals surface area contributed by atoms with Crippen LogP contribution in [-0.2, 0) is 17.9 Å². The number of ether oxygens (including phenoxy) is 1. The highest BCUT2D eigenvalue weighted by atomic mass is 16.5. The molecule has 4 heteroatoms. The summed E-state index contributed by atoms with van der Waals surface area (Å²) in [5.74, 6) is 1.71. The average molecular weight is 268 g/mol. The van der Waals surface area contributed by atoms with Crippen LogP contribution in [0.15, 0.2) is 10.5 Å². The molecule has 0 fully saturated rings. The van der Waals surface area contributed by atoms with Crippen molar-refractivity contribution in [1.29, 1.82) is 0 Å². The molecule has 4 nitrogen and oxygen atoms in total. The van der Waals surface area contributed by atoms with Gasteiger partial charge in [-0.2, -0.15) is 0 Å². The third kappa shape index (κ3) is 4.97. The lowest BCUT2D eigenvalue weighted by atomic mass is 10.2. The summed E-state index contributed by atoms with van der Waals surface area (Å²) >= 11 is 0. The Bertz CT molecular complexity index is 364. The molecule has 0 radical (unpaired) electrons. The van der Waals surface area contributed by atoms with Gasteiger partial charge in [-0.1, -0.05) is 0 Å². The summed E-state index contributed by atoms with van der Waals surface area (Å²) in [6, 6.07) is 3.09. The normalized spacial score (nSPS) is 12.1. The summed E-state index contributed by atoms with van der Waals surface area (Å²) < 4.78 is 11.3. The molecule has 1 rings (SSSR count). The van der Waals surface area contributed by atoms with E-state index in [0.717, 1.165) is 23.6 Å². The summed E-state index contributed by atoms with van der Waals surface area (Å²) in [4.78, 5) is 2.42. The topological polar surface area (TPSA) is 51.6 Å². The molecule has 0 bridgehead atoms. The number of hydrogen-bond acceptors (Lipinski definition) is 4. The van der Waals surface area contributed by atoms with Gasteiger partial charge in [0.15, 0.2) is 0 Å². The number of aryl methyl sites for hydroxylation is 1. The lowest BCUT2D eigenvalue weighted by Crippen LogP contribution is -2.39. The van der Waals surface area contributed by atoms with Crippen LogP contribution in [0.1, 0.15) is 44.8 Å². The van der Waals surface area contributed by atoms with Crippen molar-refractivity contribution in [2.45, 2.75) is 59.9 Å². The quantitative estimate of drug-likeness (QED) is 0.736. The maximum Gasteiger partial charge on any atom is 0.130 e. The van der Waals surface area contributed by atoms with Crippen molar-refractivity contribution in [2.24, 2.45) is 5.73 Å². The molecule has 0 spiro atoms. The molecular formula is C15H28N2O2. The number of nitrogens with two attached hydrogens (primary N) is 1. The van der Waals surface area contributed by atoms with E-state index in [-0.39, 0.29) is 0 Å². The van der Waals surface area contributed by atoms with Crippen molar-refractivity contribution in [3.63, 3.8) is 0 Å². The van der Waals surface area contributed by atoms with Gasteiger partial charge in [0, 0.05) is 18.6 Å². The Morgan fingerprint density at radius 2 is 1.89 bits per heavy atom. The predicted molar refractivity (Wildman–Crippen MR) is 78.0 cm³/mol. The van der Waals surface area contributed by atoms with Gasteiger partial charge < -0.3 is 14.9 Å². The van der Waals surface area contributed by atoms with E-state index in [0.29, 0.717) is 31.8 Å². The van der Waals surface area contributed by atoms with Gasteiger partial charge in [0.05, 0.1) is 13.2 Å². The van der Waals surface area contributed by atoms with Gasteiger partial charge in [-0.15, -0.1) is 0 Å². The van der Waals surface area contributed by atoms with Gasteiger partial charge in [-0.05, 0) is 46.2 Å². The van der Waals surface area contributed by atoms with Crippen LogP contribution in [0.3, 0.4) is 0 Å². The van der Waals surface area contributed by atoms with E-state index in [1.54, 1.807) is 0 Å². The Hall–Kier alpha value is -0.840. The molecule has 1 aromatic rings. The fourth-order valence-corrected chi connectivity index (χ4v) is 2.32. The minimum atomic E-state index is 0.445. The lowest BCUT2D eigenvalue weighted by molar-refractivity contribution is 0.0617. The first-order valence-corrected chi connectivity index (χ1v) is 7.07. The zero-order valence-electron chi connectivity index (χ0n) is 12.9. The van der Waals surface area contributed by atoms with Gasteiger partial charge in [0.1, 0.15) is 18.1 Å². The maximum atomic E-state index is 5.69. The van der Waals surface area contributed by atoms with Crippen LogP contribution in [-0.4, -0.2) is 30.1 Å². The zero-order valence-corrected chi connectivity index (χ0v) is 12.9. The third-order valence-electron chi connectivity index (χ3n) is 3.32. The van der Waals surface area contributed by atoms with Crippen LogP contribution in [0.25, 0.3) is 0 Å². The molecule has 19 heavy (non-hydrogen) atoms. The Kier molecular flexibility index (Phi) is 6.55. The van der Waals surface area contributed by atoms with Crippen molar-refractivity contribution < 1.29 is 9.15 Å². The molecule has 1 aromatic heterocycles. The minimum Gasteiger partial charge on any atom is -0.462 e. The molecule has 0 saturated carbocycles. The predicted octanol–water partition coefficient (Wildman–Crippen LogP) is 2.68. The molecule has 1 heterocycles. The second kappa shape index (κ2) is 7.68. The molecule has 0 aliphatic carbocycles. The van der Waals surface area contributed by atoms with Gasteiger partial charge in [-0.25, -0.2) is 0 Å². The van der Waals surface area contributed by atoms with Crippen LogP contribution in [0.5, 0.6) is 0 Å². The molecule has 110 valence electrons. The largest absolute Gasteiger partial charge is 0.462 e. The van der Waals surface area contributed by atoms with Crippen LogP contribution in [0, 0.1) is 6.92 Å². The smallest absolute Gasteiger partial charge is 0.130 e. The van der Waals surface area contributed by atoms with Crippen LogP contribution < -0.4 is 5.73 Å². The number of nitrogens with zero attached hydrogens (tertiary/aromatic N) is 1. The highest BCUT2D eigenvalue weighted by molar-refractivity contribution is 5.19. The Morgan fingerprint density at radius 1 is 1.26 bits per heavy atom. The van der Waals surface area contributed by atoms with Gasteiger partial charge in [0.25, 0.3) is 0 Å². The monoisotopic (exact) mass is 268 g/mol. The van der Waals surface area contributed by atoms with Crippen molar-refractivity contribution in [3.05, 3.63) is 23.2 Å². The Labute approximate surface area is 116 Å². The summed E-state index contributed by atoms with van der Waals surface area (Å²) in [6.07, 6.45) is 0.